The predicted octanol–water partition coefficient (Wildman–Crippen LogP) is 8.20. The predicted molar refractivity (Wildman–Crippen MR) is 148 cm³/mol. The smallest absolute Gasteiger partial charge is 0.0816 e. The molecule has 5 fully saturated rings. The van der Waals surface area contributed by atoms with Crippen LogP contribution in [0.1, 0.15) is 128 Å². The standard InChI is InChI=1S/C32H62N2/c1-33-22-17-13-9-5-3-7-11-15-19-29-25-31-28-34(2,26-29)23-18-14-10-6-4-8-12-16-20-30(27-33)32(31)21-24-33/h29-32H,3-28H2,1-2H3/q+2/t29-,30-,31+,32-,33?,34?/m0/s1. The summed E-state index contributed by atoms with van der Waals surface area (Å²) in [5.74, 6) is 4.07. The fraction of sp³-hybridized carbons (Fsp3) is 1.00. The molecule has 0 spiro atoms. The third-order valence-corrected chi connectivity index (χ3v) is 11.0. The molecule has 5 aliphatic heterocycles. The summed E-state index contributed by atoms with van der Waals surface area (Å²) in [5, 5.41) is 0. The van der Waals surface area contributed by atoms with Crippen molar-refractivity contribution in [2.75, 3.05) is 53.4 Å². The van der Waals surface area contributed by atoms with Crippen molar-refractivity contribution < 1.29 is 8.97 Å². The molecular weight excluding hydrogens is 412 g/mol. The summed E-state index contributed by atoms with van der Waals surface area (Å²) >= 11 is 0. The fourth-order valence-corrected chi connectivity index (χ4v) is 9.11. The molecule has 6 bridgehead atoms. The zero-order valence-electron chi connectivity index (χ0n) is 23.6. The summed E-state index contributed by atoms with van der Waals surface area (Å²) in [6.07, 6.45) is 30.2. The van der Waals surface area contributed by atoms with Gasteiger partial charge in [0.25, 0.3) is 0 Å². The van der Waals surface area contributed by atoms with Crippen LogP contribution in [0.4, 0.5) is 0 Å². The maximum atomic E-state index is 2.68. The van der Waals surface area contributed by atoms with E-state index in [1.807, 2.05) is 0 Å². The van der Waals surface area contributed by atoms with E-state index in [9.17, 15) is 0 Å². The van der Waals surface area contributed by atoms with Crippen LogP contribution in [-0.2, 0) is 0 Å². The molecule has 0 aromatic carbocycles. The van der Waals surface area contributed by atoms with Gasteiger partial charge in [0.15, 0.2) is 0 Å². The molecule has 0 aromatic rings. The minimum atomic E-state index is 1.01. The first kappa shape index (κ1) is 27.0. The second-order valence-electron chi connectivity index (χ2n) is 14.3. The van der Waals surface area contributed by atoms with Gasteiger partial charge in [-0.15, -0.1) is 0 Å². The monoisotopic (exact) mass is 474 g/mol. The van der Waals surface area contributed by atoms with Crippen LogP contribution in [0.15, 0.2) is 0 Å². The van der Waals surface area contributed by atoms with Crippen molar-refractivity contribution in [2.45, 2.75) is 128 Å². The maximum Gasteiger partial charge on any atom is 0.0816 e. The van der Waals surface area contributed by atoms with Crippen LogP contribution in [0.5, 0.6) is 0 Å². The quantitative estimate of drug-likeness (QED) is 0.310. The number of rotatable bonds is 0. The largest absolute Gasteiger partial charge is 0.326 e. The lowest BCUT2D eigenvalue weighted by molar-refractivity contribution is -0.927. The molecule has 5 heterocycles. The first-order valence-corrected chi connectivity index (χ1v) is 16.2. The molecule has 0 N–H and O–H groups in total. The molecule has 5 rings (SSSR count). The zero-order chi connectivity index (χ0) is 23.7. The average molecular weight is 475 g/mol. The van der Waals surface area contributed by atoms with E-state index in [-0.39, 0.29) is 0 Å². The molecule has 0 saturated carbocycles. The molecule has 5 aliphatic rings. The molecule has 198 valence electrons. The zero-order valence-corrected chi connectivity index (χ0v) is 23.6. The maximum absolute atomic E-state index is 2.68. The molecule has 6 atom stereocenters. The molecule has 0 aromatic heterocycles. The van der Waals surface area contributed by atoms with Crippen molar-refractivity contribution in [1.82, 2.24) is 0 Å². The SMILES string of the molecule is C[N+]12CCCCCCCCCC[C@H]3C[C@@H]4C[N+](C)(CCCCCCCCCC[C@@H](C1)[C@@H]4CC2)C3. The lowest BCUT2D eigenvalue weighted by atomic mass is 9.68. The van der Waals surface area contributed by atoms with E-state index in [1.54, 1.807) is 19.3 Å². The highest BCUT2D eigenvalue weighted by molar-refractivity contribution is 4.85. The lowest BCUT2D eigenvalue weighted by Crippen LogP contribution is -2.60. The molecule has 2 heteroatoms. The Morgan fingerprint density at radius 3 is 1.56 bits per heavy atom. The molecule has 0 aliphatic carbocycles. The Balaban J connectivity index is 1.53. The first-order chi connectivity index (χ1) is 16.6. The Labute approximate surface area is 214 Å². The van der Waals surface area contributed by atoms with E-state index in [0.717, 1.165) is 23.7 Å². The van der Waals surface area contributed by atoms with E-state index >= 15 is 0 Å². The number of fused-ring (bicyclic) bond motifs is 11. The van der Waals surface area contributed by atoms with Crippen molar-refractivity contribution in [3.8, 4) is 0 Å². The molecular formula is C32H62N2+2. The number of piperidine rings is 2. The molecule has 2 unspecified atom stereocenters. The Hall–Kier alpha value is -0.0800. The van der Waals surface area contributed by atoms with Crippen molar-refractivity contribution >= 4 is 0 Å². The van der Waals surface area contributed by atoms with Gasteiger partial charge in [-0.1, -0.05) is 77.0 Å². The summed E-state index contributed by atoms with van der Waals surface area (Å²) in [4.78, 5) is 0. The van der Waals surface area contributed by atoms with Gasteiger partial charge >= 0.3 is 0 Å². The highest BCUT2D eigenvalue weighted by Crippen LogP contribution is 2.43. The van der Waals surface area contributed by atoms with Gasteiger partial charge in [0.05, 0.1) is 53.4 Å². The number of nitrogens with zero attached hydrogens (tertiary/aromatic N) is 2. The lowest BCUT2D eigenvalue weighted by Gasteiger charge is -2.52. The van der Waals surface area contributed by atoms with Gasteiger partial charge < -0.3 is 8.97 Å². The van der Waals surface area contributed by atoms with Crippen LogP contribution < -0.4 is 0 Å². The minimum absolute atomic E-state index is 1.01. The topological polar surface area (TPSA) is 0 Å². The van der Waals surface area contributed by atoms with E-state index in [0.29, 0.717) is 0 Å². The second kappa shape index (κ2) is 13.5. The third-order valence-electron chi connectivity index (χ3n) is 11.0. The summed E-state index contributed by atoms with van der Waals surface area (Å²) in [6, 6.07) is 0. The normalized spacial score (nSPS) is 42.5. The van der Waals surface area contributed by atoms with Crippen LogP contribution in [0.2, 0.25) is 0 Å². The van der Waals surface area contributed by atoms with E-state index in [4.69, 9.17) is 0 Å². The number of hydrogen-bond donors (Lipinski definition) is 0. The fourth-order valence-electron chi connectivity index (χ4n) is 9.11. The summed E-state index contributed by atoms with van der Waals surface area (Å²) < 4.78 is 2.83. The summed E-state index contributed by atoms with van der Waals surface area (Å²) in [6.45, 7) is 8.94. The van der Waals surface area contributed by atoms with E-state index in [1.165, 1.54) is 157 Å². The van der Waals surface area contributed by atoms with Crippen molar-refractivity contribution in [3.05, 3.63) is 0 Å². The first-order valence-electron chi connectivity index (χ1n) is 16.2. The molecule has 5 saturated heterocycles. The van der Waals surface area contributed by atoms with Crippen LogP contribution in [0.25, 0.3) is 0 Å². The Kier molecular flexibility index (Phi) is 10.7. The van der Waals surface area contributed by atoms with Crippen LogP contribution in [0, 0.1) is 23.7 Å². The Bertz CT molecular complexity index is 575. The van der Waals surface area contributed by atoms with Gasteiger partial charge in [-0.3, -0.25) is 0 Å². The van der Waals surface area contributed by atoms with Crippen molar-refractivity contribution in [2.24, 2.45) is 23.7 Å². The molecule has 0 radical (unpaired) electrons. The number of hydrogen-bond acceptors (Lipinski definition) is 0. The highest BCUT2D eigenvalue weighted by atomic mass is 15.3. The van der Waals surface area contributed by atoms with Crippen LogP contribution in [-0.4, -0.2) is 62.3 Å². The van der Waals surface area contributed by atoms with Gasteiger partial charge in [-0.25, -0.2) is 0 Å². The average Bonchev–Trinajstić information content (AvgIpc) is 2.80. The van der Waals surface area contributed by atoms with Crippen molar-refractivity contribution in [3.63, 3.8) is 0 Å². The molecule has 0 amide bonds. The van der Waals surface area contributed by atoms with E-state index in [2.05, 4.69) is 14.1 Å². The second-order valence-corrected chi connectivity index (χ2v) is 14.3. The minimum Gasteiger partial charge on any atom is -0.326 e. The van der Waals surface area contributed by atoms with E-state index < -0.39 is 0 Å². The third kappa shape index (κ3) is 8.22. The van der Waals surface area contributed by atoms with Gasteiger partial charge in [0, 0.05) is 24.2 Å². The highest BCUT2D eigenvalue weighted by Gasteiger charge is 2.46. The summed E-state index contributed by atoms with van der Waals surface area (Å²) in [7, 11) is 5.32. The van der Waals surface area contributed by atoms with Gasteiger partial charge in [-0.05, 0) is 50.9 Å². The molecule has 34 heavy (non-hydrogen) atoms. The van der Waals surface area contributed by atoms with Gasteiger partial charge in [-0.2, -0.15) is 0 Å². The Morgan fingerprint density at radius 1 is 0.412 bits per heavy atom. The van der Waals surface area contributed by atoms with Gasteiger partial charge in [0.1, 0.15) is 0 Å². The number of quaternary nitrogens is 2. The van der Waals surface area contributed by atoms with Crippen LogP contribution in [0.3, 0.4) is 0 Å². The van der Waals surface area contributed by atoms with Gasteiger partial charge in [0.2, 0.25) is 0 Å². The van der Waals surface area contributed by atoms with Crippen molar-refractivity contribution in [1.29, 1.82) is 0 Å². The molecule has 2 nitrogen and oxygen atoms in total. The van der Waals surface area contributed by atoms with Crippen LogP contribution >= 0.6 is 0 Å². The summed E-state index contributed by atoms with van der Waals surface area (Å²) in [5.41, 5.74) is 0. The Morgan fingerprint density at radius 2 is 0.912 bits per heavy atom.